The average Bonchev–Trinajstić information content (AvgIpc) is 2.81. The minimum atomic E-state index is 0.896. The van der Waals surface area contributed by atoms with Gasteiger partial charge >= 0.3 is 0 Å². The quantitative estimate of drug-likeness (QED) is 0.284. The molecule has 31 heavy (non-hydrogen) atoms. The van der Waals surface area contributed by atoms with Crippen LogP contribution in [-0.2, 0) is 25.7 Å². The Morgan fingerprint density at radius 1 is 0.484 bits per heavy atom. The van der Waals surface area contributed by atoms with E-state index in [2.05, 4.69) is 62.4 Å². The van der Waals surface area contributed by atoms with E-state index in [4.69, 9.17) is 0 Å². The highest BCUT2D eigenvalue weighted by Gasteiger charge is 2.21. The van der Waals surface area contributed by atoms with Crippen molar-refractivity contribution >= 4 is 0 Å². The Bertz CT molecular complexity index is 701. The van der Waals surface area contributed by atoms with Crippen LogP contribution in [0.3, 0.4) is 0 Å². The van der Waals surface area contributed by atoms with Crippen LogP contribution in [0.5, 0.6) is 0 Å². The van der Waals surface area contributed by atoms with Crippen LogP contribution in [0.4, 0.5) is 0 Å². The van der Waals surface area contributed by atoms with Gasteiger partial charge in [-0.25, -0.2) is 0 Å². The van der Waals surface area contributed by atoms with Gasteiger partial charge in [0.15, 0.2) is 0 Å². The zero-order valence-electron chi connectivity index (χ0n) is 20.4. The molecule has 0 aliphatic heterocycles. The lowest BCUT2D eigenvalue weighted by Crippen LogP contribution is -2.18. The summed E-state index contributed by atoms with van der Waals surface area (Å²) in [5, 5.41) is 0. The molecule has 0 aromatic heterocycles. The molecular weight excluding hydrogens is 372 g/mol. The van der Waals surface area contributed by atoms with Crippen molar-refractivity contribution < 1.29 is 0 Å². The first kappa shape index (κ1) is 24.1. The second kappa shape index (κ2) is 13.8. The number of hydrogen-bond donors (Lipinski definition) is 0. The molecule has 2 aromatic rings. The van der Waals surface area contributed by atoms with E-state index < -0.39 is 0 Å². The molecule has 3 rings (SSSR count). The summed E-state index contributed by atoms with van der Waals surface area (Å²) < 4.78 is 0. The zero-order chi connectivity index (χ0) is 21.7. The Balaban J connectivity index is 1.35. The number of benzene rings is 2. The van der Waals surface area contributed by atoms with Crippen molar-refractivity contribution in [1.82, 2.24) is 0 Å². The Hall–Kier alpha value is -1.56. The fraction of sp³-hybridized carbons (Fsp3) is 0.613. The SMILES string of the molecule is CCCCCCCc1ccc(CC2CCC(Cc3ccc(CCCC)cc3)CC2)cc1. The summed E-state index contributed by atoms with van der Waals surface area (Å²) in [6, 6.07) is 19.1. The van der Waals surface area contributed by atoms with E-state index in [1.165, 1.54) is 107 Å². The molecule has 0 heterocycles. The highest BCUT2D eigenvalue weighted by molar-refractivity contribution is 5.24. The number of hydrogen-bond acceptors (Lipinski definition) is 0. The van der Waals surface area contributed by atoms with Gasteiger partial charge in [0.25, 0.3) is 0 Å². The first-order valence-electron chi connectivity index (χ1n) is 13.4. The molecule has 0 saturated heterocycles. The Kier molecular flexibility index (Phi) is 10.7. The maximum Gasteiger partial charge on any atom is -0.0250 e. The number of aryl methyl sites for hydroxylation is 2. The van der Waals surface area contributed by atoms with E-state index in [9.17, 15) is 0 Å². The lowest BCUT2D eigenvalue weighted by Gasteiger charge is -2.28. The van der Waals surface area contributed by atoms with E-state index in [0.717, 1.165) is 11.8 Å². The average molecular weight is 419 g/mol. The summed E-state index contributed by atoms with van der Waals surface area (Å²) in [5.41, 5.74) is 6.15. The topological polar surface area (TPSA) is 0 Å². The van der Waals surface area contributed by atoms with Gasteiger partial charge in [-0.15, -0.1) is 0 Å². The van der Waals surface area contributed by atoms with Crippen molar-refractivity contribution in [2.75, 3.05) is 0 Å². The summed E-state index contributed by atoms with van der Waals surface area (Å²) >= 11 is 0. The number of rotatable bonds is 13. The van der Waals surface area contributed by atoms with Crippen LogP contribution in [0, 0.1) is 11.8 Å². The Morgan fingerprint density at radius 2 is 0.871 bits per heavy atom. The predicted octanol–water partition coefficient (Wildman–Crippen LogP) is 9.13. The van der Waals surface area contributed by atoms with Gasteiger partial charge in [-0.2, -0.15) is 0 Å². The van der Waals surface area contributed by atoms with Crippen molar-refractivity contribution in [2.24, 2.45) is 11.8 Å². The molecule has 1 aliphatic rings. The smallest absolute Gasteiger partial charge is 0.0250 e. The van der Waals surface area contributed by atoms with Crippen LogP contribution in [-0.4, -0.2) is 0 Å². The molecule has 0 heteroatoms. The maximum absolute atomic E-state index is 2.41. The predicted molar refractivity (Wildman–Crippen MR) is 137 cm³/mol. The standard InChI is InChI=1S/C31H46/c1-3-5-7-8-9-11-27-14-18-29(19-15-27)25-31-22-20-30(21-23-31)24-28-16-12-26(13-17-28)10-6-4-2/h12-19,30-31H,3-11,20-25H2,1-2H3. The minimum Gasteiger partial charge on any atom is -0.0654 e. The Morgan fingerprint density at radius 3 is 1.32 bits per heavy atom. The molecule has 0 unspecified atom stereocenters. The fourth-order valence-electron chi connectivity index (χ4n) is 5.30. The van der Waals surface area contributed by atoms with Gasteiger partial charge in [0.2, 0.25) is 0 Å². The molecule has 1 fully saturated rings. The molecule has 0 spiro atoms. The summed E-state index contributed by atoms with van der Waals surface area (Å²) in [7, 11) is 0. The van der Waals surface area contributed by atoms with Crippen molar-refractivity contribution in [3.8, 4) is 0 Å². The number of unbranched alkanes of at least 4 members (excludes halogenated alkanes) is 5. The summed E-state index contributed by atoms with van der Waals surface area (Å²) in [5.74, 6) is 1.79. The largest absolute Gasteiger partial charge is 0.0654 e. The second-order valence-electron chi connectivity index (χ2n) is 10.2. The zero-order valence-corrected chi connectivity index (χ0v) is 20.4. The molecule has 0 N–H and O–H groups in total. The third kappa shape index (κ3) is 8.83. The first-order valence-corrected chi connectivity index (χ1v) is 13.4. The van der Waals surface area contributed by atoms with Crippen molar-refractivity contribution in [2.45, 2.75) is 110 Å². The molecule has 170 valence electrons. The van der Waals surface area contributed by atoms with Gasteiger partial charge < -0.3 is 0 Å². The van der Waals surface area contributed by atoms with Crippen LogP contribution in [0.15, 0.2) is 48.5 Å². The second-order valence-corrected chi connectivity index (χ2v) is 10.2. The third-order valence-electron chi connectivity index (χ3n) is 7.45. The van der Waals surface area contributed by atoms with Gasteiger partial charge in [-0.3, -0.25) is 0 Å². The molecule has 0 bridgehead atoms. The highest BCUT2D eigenvalue weighted by Crippen LogP contribution is 2.33. The molecule has 1 saturated carbocycles. The molecule has 0 amide bonds. The van der Waals surface area contributed by atoms with E-state index in [0.29, 0.717) is 0 Å². The van der Waals surface area contributed by atoms with E-state index in [1.54, 1.807) is 11.1 Å². The molecule has 0 radical (unpaired) electrons. The van der Waals surface area contributed by atoms with Gasteiger partial charge in [0, 0.05) is 0 Å². The van der Waals surface area contributed by atoms with E-state index >= 15 is 0 Å². The monoisotopic (exact) mass is 418 g/mol. The molecule has 1 aliphatic carbocycles. The van der Waals surface area contributed by atoms with E-state index in [1.807, 2.05) is 0 Å². The van der Waals surface area contributed by atoms with Crippen molar-refractivity contribution in [1.29, 1.82) is 0 Å². The highest BCUT2D eigenvalue weighted by atomic mass is 14.3. The fourth-order valence-corrected chi connectivity index (χ4v) is 5.30. The summed E-state index contributed by atoms with van der Waals surface area (Å²) in [4.78, 5) is 0. The van der Waals surface area contributed by atoms with Crippen molar-refractivity contribution in [3.05, 3.63) is 70.8 Å². The van der Waals surface area contributed by atoms with Gasteiger partial charge in [0.1, 0.15) is 0 Å². The van der Waals surface area contributed by atoms with E-state index in [-0.39, 0.29) is 0 Å². The molecule has 0 nitrogen and oxygen atoms in total. The van der Waals surface area contributed by atoms with Gasteiger partial charge in [0.05, 0.1) is 0 Å². The summed E-state index contributed by atoms with van der Waals surface area (Å²) in [6.07, 6.45) is 20.2. The first-order chi connectivity index (χ1) is 15.3. The van der Waals surface area contributed by atoms with Crippen LogP contribution in [0.1, 0.15) is 107 Å². The van der Waals surface area contributed by atoms with Crippen LogP contribution < -0.4 is 0 Å². The minimum absolute atomic E-state index is 0.896. The van der Waals surface area contributed by atoms with Gasteiger partial charge in [-0.1, -0.05) is 94.5 Å². The Labute approximate surface area is 192 Å². The summed E-state index contributed by atoms with van der Waals surface area (Å²) in [6.45, 7) is 4.56. The lowest BCUT2D eigenvalue weighted by atomic mass is 9.77. The van der Waals surface area contributed by atoms with Gasteiger partial charge in [-0.05, 0) is 98.3 Å². The lowest BCUT2D eigenvalue weighted by molar-refractivity contribution is 0.272. The van der Waals surface area contributed by atoms with Crippen LogP contribution >= 0.6 is 0 Å². The third-order valence-corrected chi connectivity index (χ3v) is 7.45. The molecule has 0 atom stereocenters. The van der Waals surface area contributed by atoms with Crippen LogP contribution in [0.25, 0.3) is 0 Å². The van der Waals surface area contributed by atoms with Crippen LogP contribution in [0.2, 0.25) is 0 Å². The molecule has 2 aromatic carbocycles. The normalized spacial score (nSPS) is 18.9. The maximum atomic E-state index is 2.41. The van der Waals surface area contributed by atoms with Crippen molar-refractivity contribution in [3.63, 3.8) is 0 Å². The molecular formula is C31H46.